The minimum atomic E-state index is -4.61. The van der Waals surface area contributed by atoms with E-state index in [1.807, 2.05) is 0 Å². The van der Waals surface area contributed by atoms with E-state index in [9.17, 15) is 22.0 Å². The van der Waals surface area contributed by atoms with Gasteiger partial charge in [0.25, 0.3) is 10.0 Å². The van der Waals surface area contributed by atoms with Crippen LogP contribution in [0.1, 0.15) is 0 Å². The molecule has 0 saturated carbocycles. The third-order valence-electron chi connectivity index (χ3n) is 2.46. The first-order valence-corrected chi connectivity index (χ1v) is 7.04. The molecular formula is C12H13F2NO5S. The number of ether oxygens (including phenoxy) is 1. The number of rotatable bonds is 7. The summed E-state index contributed by atoms with van der Waals surface area (Å²) in [5.74, 6) is -4.58. The van der Waals surface area contributed by atoms with Gasteiger partial charge in [-0.2, -0.15) is 4.31 Å². The third kappa shape index (κ3) is 3.56. The third-order valence-corrected chi connectivity index (χ3v) is 4.32. The van der Waals surface area contributed by atoms with Crippen LogP contribution in [0.5, 0.6) is 5.75 Å². The molecule has 0 fully saturated rings. The smallest absolute Gasteiger partial charge is 0.318 e. The van der Waals surface area contributed by atoms with Crippen LogP contribution in [0, 0.1) is 11.6 Å². The molecular weight excluding hydrogens is 308 g/mol. The average Bonchev–Trinajstić information content (AvgIpc) is 2.39. The van der Waals surface area contributed by atoms with E-state index >= 15 is 0 Å². The largest absolute Gasteiger partial charge is 0.492 e. The van der Waals surface area contributed by atoms with Crippen molar-refractivity contribution in [3.63, 3.8) is 0 Å². The molecule has 21 heavy (non-hydrogen) atoms. The van der Waals surface area contributed by atoms with Crippen LogP contribution in [0.25, 0.3) is 0 Å². The van der Waals surface area contributed by atoms with E-state index in [0.717, 1.165) is 13.2 Å². The Kier molecular flexibility index (Phi) is 5.39. The lowest BCUT2D eigenvalue weighted by molar-refractivity contribution is -0.137. The highest BCUT2D eigenvalue weighted by Crippen LogP contribution is 2.31. The van der Waals surface area contributed by atoms with E-state index in [0.29, 0.717) is 16.4 Å². The molecule has 0 aromatic heterocycles. The lowest BCUT2D eigenvalue weighted by Crippen LogP contribution is -2.36. The van der Waals surface area contributed by atoms with Crippen molar-refractivity contribution in [2.75, 3.05) is 20.2 Å². The van der Waals surface area contributed by atoms with Gasteiger partial charge in [-0.1, -0.05) is 6.08 Å². The predicted octanol–water partition coefficient (Wildman–Crippen LogP) is 1.23. The number of carboxylic acids is 1. The van der Waals surface area contributed by atoms with Crippen molar-refractivity contribution in [2.45, 2.75) is 4.90 Å². The predicted molar refractivity (Wildman–Crippen MR) is 69.5 cm³/mol. The van der Waals surface area contributed by atoms with E-state index in [-0.39, 0.29) is 6.54 Å². The van der Waals surface area contributed by atoms with Crippen LogP contribution in [-0.4, -0.2) is 44.0 Å². The zero-order valence-electron chi connectivity index (χ0n) is 11.0. The fourth-order valence-corrected chi connectivity index (χ4v) is 3.19. The monoisotopic (exact) mass is 321 g/mol. The molecule has 1 N–H and O–H groups in total. The van der Waals surface area contributed by atoms with E-state index < -0.39 is 44.8 Å². The fraction of sp³-hybridized carbons (Fsp3) is 0.250. The van der Waals surface area contributed by atoms with Gasteiger partial charge in [-0.3, -0.25) is 4.79 Å². The van der Waals surface area contributed by atoms with Crippen LogP contribution in [-0.2, 0) is 14.8 Å². The molecule has 0 radical (unpaired) electrons. The van der Waals surface area contributed by atoms with Crippen molar-refractivity contribution in [3.05, 3.63) is 36.4 Å². The topological polar surface area (TPSA) is 83.9 Å². The van der Waals surface area contributed by atoms with Gasteiger partial charge in [0.1, 0.15) is 12.4 Å². The summed E-state index contributed by atoms with van der Waals surface area (Å²) in [6.45, 7) is 2.00. The highest BCUT2D eigenvalue weighted by Gasteiger charge is 2.33. The Morgan fingerprint density at radius 2 is 2.00 bits per heavy atom. The van der Waals surface area contributed by atoms with Gasteiger partial charge in [-0.05, 0) is 12.1 Å². The molecule has 0 saturated heterocycles. The zero-order valence-corrected chi connectivity index (χ0v) is 11.9. The van der Waals surface area contributed by atoms with Crippen LogP contribution in [0.4, 0.5) is 8.78 Å². The summed E-state index contributed by atoms with van der Waals surface area (Å²) in [6.07, 6.45) is 1.13. The molecule has 1 aromatic carbocycles. The summed E-state index contributed by atoms with van der Waals surface area (Å²) in [5, 5.41) is 8.73. The van der Waals surface area contributed by atoms with Gasteiger partial charge in [-0.25, -0.2) is 17.2 Å². The van der Waals surface area contributed by atoms with Crippen LogP contribution >= 0.6 is 0 Å². The van der Waals surface area contributed by atoms with Crippen molar-refractivity contribution >= 4 is 16.0 Å². The summed E-state index contributed by atoms with van der Waals surface area (Å²) < 4.78 is 57.1. The number of benzene rings is 1. The first-order chi connectivity index (χ1) is 9.75. The number of carbonyl (C=O) groups is 1. The average molecular weight is 321 g/mol. The summed E-state index contributed by atoms with van der Waals surface area (Å²) in [5.41, 5.74) is 0. The second-order valence-corrected chi connectivity index (χ2v) is 5.75. The number of carboxylic acid groups (broad SMARTS) is 1. The number of methoxy groups -OCH3 is 1. The number of hydrogen-bond donors (Lipinski definition) is 1. The molecule has 0 unspecified atom stereocenters. The maximum absolute atomic E-state index is 13.8. The van der Waals surface area contributed by atoms with E-state index in [4.69, 9.17) is 5.11 Å². The van der Waals surface area contributed by atoms with E-state index in [1.165, 1.54) is 0 Å². The van der Waals surface area contributed by atoms with Gasteiger partial charge in [-0.15, -0.1) is 6.58 Å². The molecule has 1 rings (SSSR count). The summed E-state index contributed by atoms with van der Waals surface area (Å²) in [7, 11) is -3.63. The van der Waals surface area contributed by atoms with Crippen molar-refractivity contribution in [2.24, 2.45) is 0 Å². The lowest BCUT2D eigenvalue weighted by atomic mass is 10.3. The van der Waals surface area contributed by atoms with Gasteiger partial charge in [0.15, 0.2) is 16.5 Å². The van der Waals surface area contributed by atoms with Crippen LogP contribution in [0.2, 0.25) is 0 Å². The zero-order chi connectivity index (χ0) is 16.2. The van der Waals surface area contributed by atoms with Crippen molar-refractivity contribution in [3.8, 4) is 5.75 Å². The second kappa shape index (κ2) is 6.64. The number of sulfonamides is 1. The molecule has 0 spiro atoms. The highest BCUT2D eigenvalue weighted by atomic mass is 32.2. The Hall–Kier alpha value is -2.00. The van der Waals surface area contributed by atoms with Gasteiger partial charge in [0, 0.05) is 6.54 Å². The van der Waals surface area contributed by atoms with Crippen molar-refractivity contribution < 1.29 is 31.8 Å². The van der Waals surface area contributed by atoms with Gasteiger partial charge >= 0.3 is 5.97 Å². The Morgan fingerprint density at radius 1 is 1.43 bits per heavy atom. The maximum Gasteiger partial charge on any atom is 0.318 e. The molecule has 0 aliphatic rings. The van der Waals surface area contributed by atoms with Crippen LogP contribution < -0.4 is 4.74 Å². The Morgan fingerprint density at radius 3 is 2.48 bits per heavy atom. The second-order valence-electron chi connectivity index (χ2n) is 3.87. The molecule has 0 heterocycles. The molecule has 6 nitrogen and oxygen atoms in total. The summed E-state index contributed by atoms with van der Waals surface area (Å²) >= 11 is 0. The first-order valence-electron chi connectivity index (χ1n) is 5.60. The van der Waals surface area contributed by atoms with Gasteiger partial charge < -0.3 is 9.84 Å². The quantitative estimate of drug-likeness (QED) is 0.764. The van der Waals surface area contributed by atoms with Gasteiger partial charge in [0.2, 0.25) is 0 Å². The molecule has 0 bridgehead atoms. The number of aliphatic carboxylic acids is 1. The van der Waals surface area contributed by atoms with E-state index in [1.54, 1.807) is 0 Å². The van der Waals surface area contributed by atoms with Crippen LogP contribution in [0.3, 0.4) is 0 Å². The fourth-order valence-electron chi connectivity index (χ4n) is 1.62. The SMILES string of the molecule is C=CCN(CC(=O)O)S(=O)(=O)c1c(F)ccc(F)c1OC. The molecule has 0 atom stereocenters. The number of hydrogen-bond acceptors (Lipinski definition) is 4. The molecule has 116 valence electrons. The van der Waals surface area contributed by atoms with Crippen molar-refractivity contribution in [1.82, 2.24) is 4.31 Å². The number of halogens is 2. The molecule has 0 aliphatic heterocycles. The molecule has 9 heteroatoms. The Labute approximate surface area is 120 Å². The van der Waals surface area contributed by atoms with Crippen LogP contribution in [0.15, 0.2) is 29.7 Å². The van der Waals surface area contributed by atoms with Crippen molar-refractivity contribution in [1.29, 1.82) is 0 Å². The molecule has 1 aromatic rings. The Bertz CT molecular complexity index is 660. The molecule has 0 amide bonds. The standard InChI is InChI=1S/C12H13F2NO5S/c1-3-6-15(7-10(16)17)21(18,19)12-9(14)5-4-8(13)11(12)20-2/h3-5H,1,6-7H2,2H3,(H,16,17). The normalized spacial score (nSPS) is 11.4. The number of nitrogens with zero attached hydrogens (tertiary/aromatic N) is 1. The lowest BCUT2D eigenvalue weighted by Gasteiger charge is -2.20. The minimum absolute atomic E-state index is 0.381. The minimum Gasteiger partial charge on any atom is -0.492 e. The first kappa shape index (κ1) is 17.1. The maximum atomic E-state index is 13.8. The molecule has 0 aliphatic carbocycles. The van der Waals surface area contributed by atoms with E-state index in [2.05, 4.69) is 11.3 Å². The summed E-state index contributed by atoms with van der Waals surface area (Å²) in [4.78, 5) is 9.68. The van der Waals surface area contributed by atoms with Gasteiger partial charge in [0.05, 0.1) is 7.11 Å². The summed E-state index contributed by atoms with van der Waals surface area (Å²) in [6, 6.07) is 1.33. The highest BCUT2D eigenvalue weighted by molar-refractivity contribution is 7.89. The Balaban J connectivity index is 3.51.